The first-order valence-corrected chi connectivity index (χ1v) is 7.84. The van der Waals surface area contributed by atoms with E-state index >= 15 is 0 Å². The maximum absolute atomic E-state index is 3.38. The highest BCUT2D eigenvalue weighted by Crippen LogP contribution is 2.28. The summed E-state index contributed by atoms with van der Waals surface area (Å²) in [5, 5.41) is 3.38. The van der Waals surface area contributed by atoms with E-state index in [0.717, 1.165) is 6.42 Å². The zero-order chi connectivity index (χ0) is 15.5. The number of hydrogen-bond acceptors (Lipinski definition) is 1. The van der Waals surface area contributed by atoms with Gasteiger partial charge in [-0.3, -0.25) is 0 Å². The molecular weight excluding hydrogens is 254 g/mol. The van der Waals surface area contributed by atoms with Gasteiger partial charge in [-0.05, 0) is 47.2 Å². The van der Waals surface area contributed by atoms with Crippen LogP contribution in [-0.4, -0.2) is 7.05 Å². The Hall–Kier alpha value is -1.60. The van der Waals surface area contributed by atoms with E-state index in [9.17, 15) is 0 Å². The minimum atomic E-state index is 0.208. The molecule has 0 heterocycles. The molecule has 0 aliphatic rings. The van der Waals surface area contributed by atoms with Crippen molar-refractivity contribution in [2.75, 3.05) is 7.05 Å². The molecule has 0 aliphatic carbocycles. The summed E-state index contributed by atoms with van der Waals surface area (Å²) in [7, 11) is 2.03. The number of hydrogen-bond donors (Lipinski definition) is 1. The minimum absolute atomic E-state index is 0.208. The predicted octanol–water partition coefficient (Wildman–Crippen LogP) is 5.32. The summed E-state index contributed by atoms with van der Waals surface area (Å²) in [6.07, 6.45) is 1.10. The fraction of sp³-hybridized carbons (Fsp3) is 0.400. The molecule has 0 radical (unpaired) electrons. The van der Waals surface area contributed by atoms with Crippen molar-refractivity contribution in [1.82, 2.24) is 5.32 Å². The Morgan fingerprint density at radius 1 is 0.952 bits per heavy atom. The molecule has 0 saturated heterocycles. The van der Waals surface area contributed by atoms with Gasteiger partial charge in [0, 0.05) is 6.04 Å². The van der Waals surface area contributed by atoms with Crippen molar-refractivity contribution in [3.8, 4) is 11.1 Å². The highest BCUT2D eigenvalue weighted by Gasteiger charge is 2.13. The van der Waals surface area contributed by atoms with E-state index in [2.05, 4.69) is 81.5 Å². The van der Waals surface area contributed by atoms with Gasteiger partial charge in [0.2, 0.25) is 0 Å². The van der Waals surface area contributed by atoms with E-state index in [1.807, 2.05) is 7.05 Å². The minimum Gasteiger partial charge on any atom is -0.313 e. The van der Waals surface area contributed by atoms with Crippen molar-refractivity contribution in [1.29, 1.82) is 0 Å². The second-order valence-electron chi connectivity index (χ2n) is 6.70. The lowest BCUT2D eigenvalue weighted by Gasteiger charge is -2.19. The second kappa shape index (κ2) is 6.44. The summed E-state index contributed by atoms with van der Waals surface area (Å²) >= 11 is 0. The number of rotatable bonds is 4. The summed E-state index contributed by atoms with van der Waals surface area (Å²) in [6, 6.07) is 18.3. The quantitative estimate of drug-likeness (QED) is 0.799. The van der Waals surface area contributed by atoms with Gasteiger partial charge in [-0.15, -0.1) is 0 Å². The van der Waals surface area contributed by atoms with Gasteiger partial charge in [-0.2, -0.15) is 0 Å². The van der Waals surface area contributed by atoms with Crippen LogP contribution in [0.4, 0.5) is 0 Å². The van der Waals surface area contributed by atoms with Crippen LogP contribution in [-0.2, 0) is 5.41 Å². The van der Waals surface area contributed by atoms with E-state index in [4.69, 9.17) is 0 Å². The third-order valence-electron chi connectivity index (χ3n) is 4.13. The first kappa shape index (κ1) is 15.8. The highest BCUT2D eigenvalue weighted by molar-refractivity contribution is 5.64. The van der Waals surface area contributed by atoms with Crippen molar-refractivity contribution in [3.63, 3.8) is 0 Å². The van der Waals surface area contributed by atoms with Crippen LogP contribution in [0.3, 0.4) is 0 Å². The molecule has 1 unspecified atom stereocenters. The van der Waals surface area contributed by atoms with Crippen LogP contribution in [0.5, 0.6) is 0 Å². The van der Waals surface area contributed by atoms with Crippen LogP contribution in [0, 0.1) is 0 Å². The van der Waals surface area contributed by atoms with Crippen LogP contribution in [0.15, 0.2) is 48.5 Å². The molecule has 0 saturated carbocycles. The maximum atomic E-state index is 3.38. The molecule has 2 rings (SSSR count). The third kappa shape index (κ3) is 3.74. The summed E-state index contributed by atoms with van der Waals surface area (Å²) in [5.41, 5.74) is 5.53. The van der Waals surface area contributed by atoms with E-state index in [-0.39, 0.29) is 5.41 Å². The molecule has 2 aromatic rings. The molecule has 0 spiro atoms. The van der Waals surface area contributed by atoms with Crippen molar-refractivity contribution < 1.29 is 0 Å². The smallest absolute Gasteiger partial charge is 0.0315 e. The van der Waals surface area contributed by atoms with Gasteiger partial charge in [0.25, 0.3) is 0 Å². The van der Waals surface area contributed by atoms with Gasteiger partial charge in [-0.1, -0.05) is 70.2 Å². The standard InChI is InChI=1S/C20H27N/c1-6-19(21-5)17-9-7-8-16(14-17)15-10-12-18(13-11-15)20(2,3)4/h7-14,19,21H,6H2,1-5H3. The van der Waals surface area contributed by atoms with Crippen molar-refractivity contribution in [2.45, 2.75) is 45.6 Å². The monoisotopic (exact) mass is 281 g/mol. The average Bonchev–Trinajstić information content (AvgIpc) is 2.48. The van der Waals surface area contributed by atoms with Crippen LogP contribution in [0.2, 0.25) is 0 Å². The van der Waals surface area contributed by atoms with E-state index in [0.29, 0.717) is 6.04 Å². The molecule has 1 N–H and O–H groups in total. The molecule has 2 aromatic carbocycles. The molecule has 0 aliphatic heterocycles. The first-order valence-electron chi connectivity index (χ1n) is 7.84. The first-order chi connectivity index (χ1) is 9.95. The molecule has 0 fully saturated rings. The van der Waals surface area contributed by atoms with Crippen molar-refractivity contribution in [2.24, 2.45) is 0 Å². The molecule has 1 heteroatoms. The van der Waals surface area contributed by atoms with E-state index < -0.39 is 0 Å². The van der Waals surface area contributed by atoms with Gasteiger partial charge >= 0.3 is 0 Å². The second-order valence-corrected chi connectivity index (χ2v) is 6.70. The van der Waals surface area contributed by atoms with Gasteiger partial charge in [-0.25, -0.2) is 0 Å². The Morgan fingerprint density at radius 3 is 2.14 bits per heavy atom. The topological polar surface area (TPSA) is 12.0 Å². The lowest BCUT2D eigenvalue weighted by Crippen LogP contribution is -2.15. The van der Waals surface area contributed by atoms with Crippen molar-refractivity contribution >= 4 is 0 Å². The normalized spacial score (nSPS) is 13.2. The maximum Gasteiger partial charge on any atom is 0.0315 e. The molecule has 1 nitrogen and oxygen atoms in total. The molecule has 1 atom stereocenters. The molecule has 0 amide bonds. The molecule has 0 aromatic heterocycles. The third-order valence-corrected chi connectivity index (χ3v) is 4.13. The van der Waals surface area contributed by atoms with Crippen LogP contribution < -0.4 is 5.32 Å². The fourth-order valence-corrected chi connectivity index (χ4v) is 2.70. The van der Waals surface area contributed by atoms with Crippen molar-refractivity contribution in [3.05, 3.63) is 59.7 Å². The van der Waals surface area contributed by atoms with Crippen LogP contribution in [0.25, 0.3) is 11.1 Å². The lowest BCUT2D eigenvalue weighted by atomic mass is 9.86. The zero-order valence-corrected chi connectivity index (χ0v) is 13.9. The van der Waals surface area contributed by atoms with Gasteiger partial charge in [0.15, 0.2) is 0 Å². The van der Waals surface area contributed by atoms with Gasteiger partial charge in [0.05, 0.1) is 0 Å². The van der Waals surface area contributed by atoms with Crippen LogP contribution in [0.1, 0.15) is 51.3 Å². The zero-order valence-electron chi connectivity index (χ0n) is 13.9. The summed E-state index contributed by atoms with van der Waals surface area (Å²) in [6.45, 7) is 8.97. The van der Waals surface area contributed by atoms with E-state index in [1.54, 1.807) is 0 Å². The Bertz CT molecular complexity index is 572. The molecule has 112 valence electrons. The summed E-state index contributed by atoms with van der Waals surface area (Å²) in [4.78, 5) is 0. The summed E-state index contributed by atoms with van der Waals surface area (Å²) in [5.74, 6) is 0. The predicted molar refractivity (Wildman–Crippen MR) is 92.7 cm³/mol. The Balaban J connectivity index is 2.32. The van der Waals surface area contributed by atoms with Gasteiger partial charge in [0.1, 0.15) is 0 Å². The molecular formula is C20H27N. The Labute approximate surface area is 129 Å². The molecule has 0 bridgehead atoms. The SMILES string of the molecule is CCC(NC)c1cccc(-c2ccc(C(C)(C)C)cc2)c1. The average molecular weight is 281 g/mol. The van der Waals surface area contributed by atoms with Crippen LogP contribution >= 0.6 is 0 Å². The summed E-state index contributed by atoms with van der Waals surface area (Å²) < 4.78 is 0. The Morgan fingerprint density at radius 2 is 1.62 bits per heavy atom. The largest absolute Gasteiger partial charge is 0.313 e. The molecule has 21 heavy (non-hydrogen) atoms. The number of nitrogens with one attached hydrogen (secondary N) is 1. The highest BCUT2D eigenvalue weighted by atomic mass is 14.9. The van der Waals surface area contributed by atoms with Gasteiger partial charge < -0.3 is 5.32 Å². The Kier molecular flexibility index (Phi) is 4.84. The lowest BCUT2D eigenvalue weighted by molar-refractivity contribution is 0.577. The number of benzene rings is 2. The fourth-order valence-electron chi connectivity index (χ4n) is 2.70. The van der Waals surface area contributed by atoms with E-state index in [1.165, 1.54) is 22.3 Å².